The molecule has 1 heterocycles. The van der Waals surface area contributed by atoms with Gasteiger partial charge in [-0.15, -0.1) is 10.2 Å². The van der Waals surface area contributed by atoms with E-state index in [1.165, 1.54) is 4.80 Å². The highest BCUT2D eigenvalue weighted by Crippen LogP contribution is 2.26. The largest absolute Gasteiger partial charge is 0.324 e. The van der Waals surface area contributed by atoms with E-state index in [-0.39, 0.29) is 12.5 Å². The summed E-state index contributed by atoms with van der Waals surface area (Å²) in [7, 11) is 0. The van der Waals surface area contributed by atoms with E-state index >= 15 is 0 Å². The predicted octanol–water partition coefficient (Wildman–Crippen LogP) is 4.15. The maximum Gasteiger partial charge on any atom is 0.248 e. The number of halogens is 1. The van der Waals surface area contributed by atoms with E-state index in [4.69, 9.17) is 11.6 Å². The van der Waals surface area contributed by atoms with Gasteiger partial charge >= 0.3 is 0 Å². The van der Waals surface area contributed by atoms with E-state index in [2.05, 4.69) is 34.6 Å². The van der Waals surface area contributed by atoms with Crippen molar-refractivity contribution in [3.05, 3.63) is 59.1 Å². The normalized spacial score (nSPS) is 12.0. The molecule has 3 aromatic rings. The molecule has 0 saturated heterocycles. The van der Waals surface area contributed by atoms with Gasteiger partial charge in [-0.25, -0.2) is 0 Å². The molecule has 0 radical (unpaired) electrons. The van der Waals surface area contributed by atoms with Crippen LogP contribution in [0, 0.1) is 0 Å². The highest BCUT2D eigenvalue weighted by molar-refractivity contribution is 6.33. The molecule has 3 rings (SSSR count). The van der Waals surface area contributed by atoms with Crippen molar-refractivity contribution < 1.29 is 4.79 Å². The predicted molar refractivity (Wildman–Crippen MR) is 102 cm³/mol. The van der Waals surface area contributed by atoms with Gasteiger partial charge in [0.2, 0.25) is 11.7 Å². The Morgan fingerprint density at radius 1 is 1.19 bits per heavy atom. The molecule has 0 fully saturated rings. The molecule has 1 atom stereocenters. The number of amides is 1. The minimum atomic E-state index is -0.205. The van der Waals surface area contributed by atoms with Crippen LogP contribution in [0.4, 0.5) is 5.69 Å². The Labute approximate surface area is 157 Å². The SMILES string of the molecule is CC[C@H](C)c1ccccc1NC(=O)Cn1nnc(-c2ccccc2Cl)n1. The number of nitrogens with zero attached hydrogens (tertiary/aromatic N) is 4. The highest BCUT2D eigenvalue weighted by Gasteiger charge is 2.14. The van der Waals surface area contributed by atoms with Crippen LogP contribution in [0.25, 0.3) is 11.4 Å². The second-order valence-electron chi connectivity index (χ2n) is 6.07. The molecule has 1 aromatic heterocycles. The monoisotopic (exact) mass is 369 g/mol. The first-order chi connectivity index (χ1) is 12.6. The molecule has 7 heteroatoms. The van der Waals surface area contributed by atoms with Gasteiger partial charge in [-0.1, -0.05) is 55.8 Å². The first kappa shape index (κ1) is 18.1. The Morgan fingerprint density at radius 2 is 1.92 bits per heavy atom. The van der Waals surface area contributed by atoms with Gasteiger partial charge in [0.25, 0.3) is 0 Å². The molecule has 0 saturated carbocycles. The molecular weight excluding hydrogens is 350 g/mol. The number of tetrazole rings is 1. The van der Waals surface area contributed by atoms with Crippen LogP contribution in [0.15, 0.2) is 48.5 Å². The van der Waals surface area contributed by atoms with Crippen LogP contribution in [-0.4, -0.2) is 26.1 Å². The summed E-state index contributed by atoms with van der Waals surface area (Å²) >= 11 is 6.15. The molecular formula is C19H20ClN5O. The van der Waals surface area contributed by atoms with E-state index in [1.54, 1.807) is 6.07 Å². The Balaban J connectivity index is 1.71. The zero-order chi connectivity index (χ0) is 18.5. The molecule has 6 nitrogen and oxygen atoms in total. The Hall–Kier alpha value is -2.73. The van der Waals surface area contributed by atoms with Gasteiger partial charge in [0.05, 0.1) is 5.02 Å². The fourth-order valence-electron chi connectivity index (χ4n) is 2.64. The second-order valence-corrected chi connectivity index (χ2v) is 6.48. The van der Waals surface area contributed by atoms with Crippen LogP contribution < -0.4 is 5.32 Å². The van der Waals surface area contributed by atoms with Crippen molar-refractivity contribution in [1.82, 2.24) is 20.2 Å². The van der Waals surface area contributed by atoms with E-state index in [0.717, 1.165) is 17.7 Å². The average Bonchev–Trinajstić information content (AvgIpc) is 3.10. The Kier molecular flexibility index (Phi) is 5.63. The third-order valence-electron chi connectivity index (χ3n) is 4.23. The van der Waals surface area contributed by atoms with Crippen LogP contribution >= 0.6 is 11.6 Å². The minimum Gasteiger partial charge on any atom is -0.324 e. The van der Waals surface area contributed by atoms with Gasteiger partial charge < -0.3 is 5.32 Å². The molecule has 0 aliphatic carbocycles. The second kappa shape index (κ2) is 8.10. The van der Waals surface area contributed by atoms with Crippen LogP contribution in [0.3, 0.4) is 0 Å². The number of carbonyl (C=O) groups is 1. The number of aromatic nitrogens is 4. The number of carbonyl (C=O) groups excluding carboxylic acids is 1. The number of para-hydroxylation sites is 1. The maximum absolute atomic E-state index is 12.4. The summed E-state index contributed by atoms with van der Waals surface area (Å²) < 4.78 is 0. The minimum absolute atomic E-state index is 0.0215. The molecule has 0 unspecified atom stereocenters. The number of rotatable bonds is 6. The van der Waals surface area contributed by atoms with E-state index in [0.29, 0.717) is 22.3 Å². The summed E-state index contributed by atoms with van der Waals surface area (Å²) in [6, 6.07) is 15.1. The van der Waals surface area contributed by atoms with Gasteiger partial charge in [-0.05, 0) is 41.3 Å². The lowest BCUT2D eigenvalue weighted by Gasteiger charge is -2.15. The highest BCUT2D eigenvalue weighted by atomic mass is 35.5. The summed E-state index contributed by atoms with van der Waals surface area (Å²) in [6.45, 7) is 4.24. The lowest BCUT2D eigenvalue weighted by Crippen LogP contribution is -2.21. The van der Waals surface area contributed by atoms with Gasteiger partial charge in [0.15, 0.2) is 0 Å². The topological polar surface area (TPSA) is 72.7 Å². The number of hydrogen-bond acceptors (Lipinski definition) is 4. The van der Waals surface area contributed by atoms with Crippen molar-refractivity contribution in [1.29, 1.82) is 0 Å². The molecule has 0 spiro atoms. The quantitative estimate of drug-likeness (QED) is 0.708. The maximum atomic E-state index is 12.4. The van der Waals surface area contributed by atoms with E-state index in [1.807, 2.05) is 42.5 Å². The van der Waals surface area contributed by atoms with Crippen LogP contribution in [-0.2, 0) is 11.3 Å². The van der Waals surface area contributed by atoms with Crippen molar-refractivity contribution in [2.45, 2.75) is 32.7 Å². The zero-order valence-corrected chi connectivity index (χ0v) is 15.4. The molecule has 2 aromatic carbocycles. The molecule has 134 valence electrons. The van der Waals surface area contributed by atoms with Gasteiger partial charge in [-0.3, -0.25) is 4.79 Å². The van der Waals surface area contributed by atoms with Gasteiger partial charge in [0, 0.05) is 11.3 Å². The third-order valence-corrected chi connectivity index (χ3v) is 4.56. The standard InChI is InChI=1S/C19H20ClN5O/c1-3-13(2)14-8-5-7-11-17(14)21-18(26)12-25-23-19(22-24-25)15-9-4-6-10-16(15)20/h4-11,13H,3,12H2,1-2H3,(H,21,26)/t13-/m0/s1. The molecule has 0 bridgehead atoms. The summed E-state index contributed by atoms with van der Waals surface area (Å²) in [5.41, 5.74) is 2.62. The zero-order valence-electron chi connectivity index (χ0n) is 14.7. The van der Waals surface area contributed by atoms with Crippen molar-refractivity contribution in [3.63, 3.8) is 0 Å². The molecule has 26 heavy (non-hydrogen) atoms. The van der Waals surface area contributed by atoms with Gasteiger partial charge in [-0.2, -0.15) is 4.80 Å². The summed E-state index contributed by atoms with van der Waals surface area (Å²) in [6.07, 6.45) is 0.999. The summed E-state index contributed by atoms with van der Waals surface area (Å²) in [5.74, 6) is 0.551. The number of nitrogens with one attached hydrogen (secondary N) is 1. The Bertz CT molecular complexity index is 908. The first-order valence-corrected chi connectivity index (χ1v) is 8.87. The van der Waals surface area contributed by atoms with E-state index < -0.39 is 0 Å². The lowest BCUT2D eigenvalue weighted by molar-refractivity contribution is -0.117. The number of anilines is 1. The molecule has 0 aliphatic rings. The van der Waals surface area contributed by atoms with Gasteiger partial charge in [0.1, 0.15) is 6.54 Å². The van der Waals surface area contributed by atoms with E-state index in [9.17, 15) is 4.79 Å². The number of benzene rings is 2. The average molecular weight is 370 g/mol. The lowest BCUT2D eigenvalue weighted by atomic mass is 9.97. The molecule has 1 N–H and O–H groups in total. The summed E-state index contributed by atoms with van der Waals surface area (Å²) in [5, 5.41) is 15.7. The third kappa shape index (κ3) is 4.08. The van der Waals surface area contributed by atoms with Crippen molar-refractivity contribution >= 4 is 23.2 Å². The van der Waals surface area contributed by atoms with Crippen molar-refractivity contribution in [2.24, 2.45) is 0 Å². The first-order valence-electron chi connectivity index (χ1n) is 8.50. The van der Waals surface area contributed by atoms with Crippen LogP contribution in [0.1, 0.15) is 31.7 Å². The van der Waals surface area contributed by atoms with Crippen LogP contribution in [0.5, 0.6) is 0 Å². The molecule has 1 amide bonds. The fraction of sp³-hybridized carbons (Fsp3) is 0.263. The smallest absolute Gasteiger partial charge is 0.248 e. The fourth-order valence-corrected chi connectivity index (χ4v) is 2.86. The Morgan fingerprint density at radius 3 is 2.69 bits per heavy atom. The van der Waals surface area contributed by atoms with Crippen molar-refractivity contribution in [2.75, 3.05) is 5.32 Å². The number of hydrogen-bond donors (Lipinski definition) is 1. The van der Waals surface area contributed by atoms with Crippen LogP contribution in [0.2, 0.25) is 5.02 Å². The summed E-state index contributed by atoms with van der Waals surface area (Å²) in [4.78, 5) is 13.7. The van der Waals surface area contributed by atoms with Crippen molar-refractivity contribution in [3.8, 4) is 11.4 Å². The molecule has 0 aliphatic heterocycles.